The fourth-order valence-corrected chi connectivity index (χ4v) is 2.78. The quantitative estimate of drug-likeness (QED) is 0.845. The molecule has 0 aliphatic carbocycles. The summed E-state index contributed by atoms with van der Waals surface area (Å²) in [5.74, 6) is -0.0159. The van der Waals surface area contributed by atoms with Crippen LogP contribution in [-0.2, 0) is 6.54 Å². The molecule has 2 rings (SSSR count). The second-order valence-corrected chi connectivity index (χ2v) is 5.52. The molecule has 0 spiro atoms. The Morgan fingerprint density at radius 1 is 1.56 bits per heavy atom. The maximum Gasteiger partial charge on any atom is 0.276 e. The highest BCUT2D eigenvalue weighted by molar-refractivity contribution is 7.99. The van der Waals surface area contributed by atoms with E-state index in [1.807, 2.05) is 16.7 Å². The molecule has 1 fully saturated rings. The largest absolute Gasteiger partial charge is 0.337 e. The summed E-state index contributed by atoms with van der Waals surface area (Å²) in [5.41, 5.74) is 5.86. The first kappa shape index (κ1) is 13.4. The van der Waals surface area contributed by atoms with Crippen molar-refractivity contribution in [3.8, 4) is 0 Å². The molecule has 7 heteroatoms. The van der Waals surface area contributed by atoms with Gasteiger partial charge >= 0.3 is 0 Å². The first-order valence-electron chi connectivity index (χ1n) is 6.17. The Hall–Kier alpha value is -1.08. The number of hydrogen-bond acceptors (Lipinski definition) is 5. The molecule has 1 aromatic rings. The Morgan fingerprint density at radius 2 is 2.28 bits per heavy atom. The van der Waals surface area contributed by atoms with Gasteiger partial charge in [0.15, 0.2) is 5.69 Å². The standard InChI is InChI=1S/C11H19N5OS/c1-18-9-2-5-15(6-3-9)11(17)10-8-16(7-4-12)14-13-10/h8-9H,2-7,12H2,1H3. The summed E-state index contributed by atoms with van der Waals surface area (Å²) >= 11 is 1.88. The molecule has 1 aliphatic rings. The van der Waals surface area contributed by atoms with Crippen LogP contribution in [0, 0.1) is 0 Å². The summed E-state index contributed by atoms with van der Waals surface area (Å²) in [7, 11) is 0. The first-order valence-corrected chi connectivity index (χ1v) is 7.45. The highest BCUT2D eigenvalue weighted by Gasteiger charge is 2.24. The second-order valence-electron chi connectivity index (χ2n) is 4.38. The van der Waals surface area contributed by atoms with Crippen molar-refractivity contribution >= 4 is 17.7 Å². The number of amides is 1. The van der Waals surface area contributed by atoms with E-state index in [1.54, 1.807) is 10.9 Å². The van der Waals surface area contributed by atoms with Crippen molar-refractivity contribution in [2.24, 2.45) is 5.73 Å². The number of carbonyl (C=O) groups is 1. The number of nitrogens with zero attached hydrogens (tertiary/aromatic N) is 4. The summed E-state index contributed by atoms with van der Waals surface area (Å²) in [4.78, 5) is 14.0. The Kier molecular flexibility index (Phi) is 4.60. The molecule has 2 heterocycles. The van der Waals surface area contributed by atoms with Crippen molar-refractivity contribution in [2.45, 2.75) is 24.6 Å². The van der Waals surface area contributed by atoms with Crippen LogP contribution >= 0.6 is 11.8 Å². The van der Waals surface area contributed by atoms with Gasteiger partial charge in [-0.3, -0.25) is 9.48 Å². The second kappa shape index (κ2) is 6.19. The smallest absolute Gasteiger partial charge is 0.276 e. The highest BCUT2D eigenvalue weighted by atomic mass is 32.2. The molecule has 1 saturated heterocycles. The van der Waals surface area contributed by atoms with E-state index in [0.717, 1.165) is 25.9 Å². The zero-order valence-electron chi connectivity index (χ0n) is 10.6. The van der Waals surface area contributed by atoms with Gasteiger partial charge in [-0.05, 0) is 19.1 Å². The Bertz CT molecular complexity index is 400. The minimum atomic E-state index is -0.0159. The molecule has 0 aromatic carbocycles. The molecule has 0 unspecified atom stereocenters. The number of carbonyl (C=O) groups excluding carboxylic acids is 1. The summed E-state index contributed by atoms with van der Waals surface area (Å²) in [6.07, 6.45) is 5.92. The number of piperidine rings is 1. The van der Waals surface area contributed by atoms with Gasteiger partial charge < -0.3 is 10.6 Å². The zero-order valence-corrected chi connectivity index (χ0v) is 11.4. The third kappa shape index (κ3) is 3.02. The predicted octanol–water partition coefficient (Wildman–Crippen LogP) is 0.204. The summed E-state index contributed by atoms with van der Waals surface area (Å²) < 4.78 is 1.61. The Morgan fingerprint density at radius 3 is 2.89 bits per heavy atom. The molecule has 1 aliphatic heterocycles. The Balaban J connectivity index is 1.94. The SMILES string of the molecule is CSC1CCN(C(=O)c2cn(CCN)nn2)CC1. The molecule has 0 bridgehead atoms. The van der Waals surface area contributed by atoms with Gasteiger partial charge in [-0.1, -0.05) is 5.21 Å². The number of rotatable bonds is 4. The van der Waals surface area contributed by atoms with Gasteiger partial charge in [-0.2, -0.15) is 11.8 Å². The minimum absolute atomic E-state index is 0.0159. The molecular formula is C11H19N5OS. The van der Waals surface area contributed by atoms with E-state index in [2.05, 4.69) is 16.6 Å². The topological polar surface area (TPSA) is 77.0 Å². The van der Waals surface area contributed by atoms with Gasteiger partial charge in [0, 0.05) is 24.9 Å². The molecule has 1 amide bonds. The lowest BCUT2D eigenvalue weighted by Gasteiger charge is -2.30. The average molecular weight is 269 g/mol. The monoisotopic (exact) mass is 269 g/mol. The molecule has 18 heavy (non-hydrogen) atoms. The van der Waals surface area contributed by atoms with Crippen LogP contribution in [-0.4, -0.2) is 56.9 Å². The third-order valence-corrected chi connectivity index (χ3v) is 4.32. The summed E-state index contributed by atoms with van der Waals surface area (Å²) in [6.45, 7) is 2.72. The van der Waals surface area contributed by atoms with Gasteiger partial charge in [0.1, 0.15) is 0 Å². The Labute approximate surface area is 111 Å². The molecule has 1 aromatic heterocycles. The normalized spacial score (nSPS) is 17.1. The van der Waals surface area contributed by atoms with E-state index in [9.17, 15) is 4.79 Å². The van der Waals surface area contributed by atoms with E-state index in [0.29, 0.717) is 24.0 Å². The molecule has 100 valence electrons. The van der Waals surface area contributed by atoms with E-state index < -0.39 is 0 Å². The molecule has 6 nitrogen and oxygen atoms in total. The van der Waals surface area contributed by atoms with E-state index in [4.69, 9.17) is 5.73 Å². The van der Waals surface area contributed by atoms with Crippen LogP contribution in [0.3, 0.4) is 0 Å². The van der Waals surface area contributed by atoms with E-state index >= 15 is 0 Å². The number of nitrogens with two attached hydrogens (primary N) is 1. The third-order valence-electron chi connectivity index (χ3n) is 3.18. The van der Waals surface area contributed by atoms with Gasteiger partial charge in [0.2, 0.25) is 0 Å². The van der Waals surface area contributed by atoms with Gasteiger partial charge in [-0.15, -0.1) is 5.10 Å². The van der Waals surface area contributed by atoms with Crippen LogP contribution in [0.4, 0.5) is 0 Å². The van der Waals surface area contributed by atoms with Crippen LogP contribution < -0.4 is 5.73 Å². The van der Waals surface area contributed by atoms with Crippen molar-refractivity contribution in [1.82, 2.24) is 19.9 Å². The summed E-state index contributed by atoms with van der Waals surface area (Å²) in [5, 5.41) is 8.48. The number of hydrogen-bond donors (Lipinski definition) is 1. The minimum Gasteiger partial charge on any atom is -0.337 e. The average Bonchev–Trinajstić information content (AvgIpc) is 2.87. The van der Waals surface area contributed by atoms with Crippen molar-refractivity contribution in [2.75, 3.05) is 25.9 Å². The molecule has 0 atom stereocenters. The van der Waals surface area contributed by atoms with Crippen LogP contribution in [0.25, 0.3) is 0 Å². The molecule has 2 N–H and O–H groups in total. The van der Waals surface area contributed by atoms with Crippen LogP contribution in [0.5, 0.6) is 0 Å². The fourth-order valence-electron chi connectivity index (χ4n) is 2.09. The lowest BCUT2D eigenvalue weighted by atomic mass is 10.1. The maximum absolute atomic E-state index is 12.2. The van der Waals surface area contributed by atoms with Crippen molar-refractivity contribution < 1.29 is 4.79 Å². The maximum atomic E-state index is 12.2. The lowest BCUT2D eigenvalue weighted by molar-refractivity contribution is 0.0721. The number of aromatic nitrogens is 3. The lowest BCUT2D eigenvalue weighted by Crippen LogP contribution is -2.39. The summed E-state index contributed by atoms with van der Waals surface area (Å²) in [6, 6.07) is 0. The van der Waals surface area contributed by atoms with Crippen LogP contribution in [0.2, 0.25) is 0 Å². The molecule has 0 saturated carbocycles. The van der Waals surface area contributed by atoms with Gasteiger partial charge in [0.25, 0.3) is 5.91 Å². The highest BCUT2D eigenvalue weighted by Crippen LogP contribution is 2.21. The van der Waals surface area contributed by atoms with E-state index in [1.165, 1.54) is 0 Å². The predicted molar refractivity (Wildman–Crippen MR) is 71.5 cm³/mol. The molecular weight excluding hydrogens is 250 g/mol. The van der Waals surface area contributed by atoms with Crippen molar-refractivity contribution in [3.05, 3.63) is 11.9 Å². The fraction of sp³-hybridized carbons (Fsp3) is 0.727. The number of likely N-dealkylation sites (tertiary alicyclic amines) is 1. The van der Waals surface area contributed by atoms with Gasteiger partial charge in [0.05, 0.1) is 12.7 Å². The zero-order chi connectivity index (χ0) is 13.0. The van der Waals surface area contributed by atoms with E-state index in [-0.39, 0.29) is 5.91 Å². The van der Waals surface area contributed by atoms with Crippen LogP contribution in [0.1, 0.15) is 23.3 Å². The number of thioether (sulfide) groups is 1. The van der Waals surface area contributed by atoms with Crippen molar-refractivity contribution in [3.63, 3.8) is 0 Å². The van der Waals surface area contributed by atoms with Gasteiger partial charge in [-0.25, -0.2) is 0 Å². The van der Waals surface area contributed by atoms with Crippen molar-refractivity contribution in [1.29, 1.82) is 0 Å². The van der Waals surface area contributed by atoms with Crippen LogP contribution in [0.15, 0.2) is 6.20 Å². The first-order chi connectivity index (χ1) is 8.74. The molecule has 0 radical (unpaired) electrons.